The summed E-state index contributed by atoms with van der Waals surface area (Å²) in [7, 11) is 0. The summed E-state index contributed by atoms with van der Waals surface area (Å²) < 4.78 is 6.73. The fraction of sp³-hybridized carbons (Fsp3) is 0.222. The molecule has 0 aliphatic heterocycles. The van der Waals surface area contributed by atoms with Crippen LogP contribution in [0.25, 0.3) is 0 Å². The predicted molar refractivity (Wildman–Crippen MR) is 65.5 cm³/mol. The van der Waals surface area contributed by atoms with Gasteiger partial charge in [0.05, 0.1) is 12.0 Å². The molecule has 2 aromatic heterocycles. The van der Waals surface area contributed by atoms with Gasteiger partial charge >= 0.3 is 0 Å². The lowest BCUT2D eigenvalue weighted by molar-refractivity contribution is 0.0992. The molecule has 0 saturated carbocycles. The molecule has 0 aliphatic rings. The van der Waals surface area contributed by atoms with Gasteiger partial charge < -0.3 is 4.42 Å². The number of nitrogens with zero attached hydrogens (tertiary/aromatic N) is 2. The Morgan fingerprint density at radius 3 is 2.94 bits per heavy atom. The van der Waals surface area contributed by atoms with Gasteiger partial charge in [-0.25, -0.2) is 0 Å². The van der Waals surface area contributed by atoms with Crippen molar-refractivity contribution in [3.8, 4) is 0 Å². The van der Waals surface area contributed by atoms with E-state index in [-0.39, 0.29) is 5.78 Å². The van der Waals surface area contributed by atoms with Crippen LogP contribution in [0.3, 0.4) is 0 Å². The molecule has 0 aromatic carbocycles. The Kier molecular flexibility index (Phi) is 4.03. The van der Waals surface area contributed by atoms with Crippen molar-refractivity contribution in [2.45, 2.75) is 8.68 Å². The molecule has 0 radical (unpaired) electrons. The summed E-state index contributed by atoms with van der Waals surface area (Å²) in [4.78, 5) is 11.6. The van der Waals surface area contributed by atoms with Crippen molar-refractivity contribution in [3.63, 3.8) is 0 Å². The van der Waals surface area contributed by atoms with Crippen LogP contribution in [0.5, 0.6) is 0 Å². The number of thioether (sulfide) groups is 2. The van der Waals surface area contributed by atoms with Crippen LogP contribution >= 0.6 is 34.9 Å². The lowest BCUT2D eigenvalue weighted by Crippen LogP contribution is -1.99. The maximum Gasteiger partial charge on any atom is 0.208 e. The average Bonchev–Trinajstić information content (AvgIpc) is 2.96. The van der Waals surface area contributed by atoms with Gasteiger partial charge in [-0.05, 0) is 18.4 Å². The molecule has 84 valence electrons. The van der Waals surface area contributed by atoms with Crippen LogP contribution in [0, 0.1) is 0 Å². The number of Topliss-reactive ketones (excluding diaryl/α,β-unsaturated/α-hetero) is 1. The van der Waals surface area contributed by atoms with E-state index < -0.39 is 0 Å². The topological polar surface area (TPSA) is 56.0 Å². The zero-order valence-electron chi connectivity index (χ0n) is 8.37. The largest absolute Gasteiger partial charge is 0.461 e. The molecule has 2 heterocycles. The van der Waals surface area contributed by atoms with E-state index >= 15 is 0 Å². The van der Waals surface area contributed by atoms with Gasteiger partial charge in [0, 0.05) is 0 Å². The first-order valence-corrected chi connectivity index (χ1v) is 7.39. The number of carbonyl (C=O) groups excluding carboxylic acids is 1. The van der Waals surface area contributed by atoms with Crippen LogP contribution in [-0.4, -0.2) is 28.0 Å². The minimum absolute atomic E-state index is 0.0316. The van der Waals surface area contributed by atoms with Gasteiger partial charge in [0.2, 0.25) is 5.78 Å². The standard InChI is InChI=1S/C9H8N2O2S3/c1-14-8-10-11-9(16-8)15-5-6(12)7-3-2-4-13-7/h2-4H,5H2,1H3. The maximum absolute atomic E-state index is 11.6. The van der Waals surface area contributed by atoms with Crippen LogP contribution in [0.4, 0.5) is 0 Å². The second-order valence-corrected chi connectivity index (χ2v) is 5.98. The van der Waals surface area contributed by atoms with Gasteiger partial charge in [0.25, 0.3) is 0 Å². The Morgan fingerprint density at radius 2 is 2.31 bits per heavy atom. The summed E-state index contributed by atoms with van der Waals surface area (Å²) in [5.74, 6) is 0.689. The lowest BCUT2D eigenvalue weighted by Gasteiger charge is -1.93. The highest BCUT2D eigenvalue weighted by molar-refractivity contribution is 8.03. The van der Waals surface area contributed by atoms with Crippen LogP contribution in [-0.2, 0) is 0 Å². The molecule has 4 nitrogen and oxygen atoms in total. The number of hydrogen-bond donors (Lipinski definition) is 0. The first kappa shape index (κ1) is 11.7. The van der Waals surface area contributed by atoms with Crippen molar-refractivity contribution in [1.82, 2.24) is 10.2 Å². The van der Waals surface area contributed by atoms with Crippen LogP contribution in [0.1, 0.15) is 10.6 Å². The molecule has 0 atom stereocenters. The van der Waals surface area contributed by atoms with Crippen molar-refractivity contribution < 1.29 is 9.21 Å². The predicted octanol–water partition coefficient (Wildman–Crippen LogP) is 2.83. The Labute approximate surface area is 105 Å². The molecule has 0 bridgehead atoms. The van der Waals surface area contributed by atoms with Gasteiger partial charge in [-0.2, -0.15) is 0 Å². The summed E-state index contributed by atoms with van der Waals surface area (Å²) in [5, 5.41) is 7.92. The van der Waals surface area contributed by atoms with Crippen molar-refractivity contribution in [2.24, 2.45) is 0 Å². The van der Waals surface area contributed by atoms with Gasteiger partial charge in [-0.1, -0.05) is 34.9 Å². The van der Waals surface area contributed by atoms with Gasteiger partial charge in [0.1, 0.15) is 0 Å². The molecule has 2 aromatic rings. The molecule has 0 N–H and O–H groups in total. The third-order valence-electron chi connectivity index (χ3n) is 1.69. The van der Waals surface area contributed by atoms with E-state index in [1.54, 1.807) is 23.9 Å². The zero-order valence-corrected chi connectivity index (χ0v) is 10.8. The number of hydrogen-bond acceptors (Lipinski definition) is 7. The monoisotopic (exact) mass is 272 g/mol. The van der Waals surface area contributed by atoms with E-state index in [9.17, 15) is 4.79 Å². The number of aromatic nitrogens is 2. The summed E-state index contributed by atoms with van der Waals surface area (Å²) in [6, 6.07) is 3.37. The SMILES string of the molecule is CSc1nnc(SCC(=O)c2ccco2)s1. The quantitative estimate of drug-likeness (QED) is 0.616. The molecule has 0 spiro atoms. The third-order valence-corrected chi connectivity index (χ3v) is 4.72. The first-order chi connectivity index (χ1) is 7.79. The first-order valence-electron chi connectivity index (χ1n) is 4.36. The van der Waals surface area contributed by atoms with Crippen molar-refractivity contribution in [3.05, 3.63) is 24.2 Å². The Morgan fingerprint density at radius 1 is 1.50 bits per heavy atom. The molecule has 2 rings (SSSR count). The van der Waals surface area contributed by atoms with E-state index in [0.29, 0.717) is 11.5 Å². The summed E-state index contributed by atoms with van der Waals surface area (Å²) in [5.41, 5.74) is 0. The van der Waals surface area contributed by atoms with Crippen molar-refractivity contribution in [1.29, 1.82) is 0 Å². The Bertz CT molecular complexity index is 467. The van der Waals surface area contributed by atoms with E-state index in [1.165, 1.54) is 29.4 Å². The Balaban J connectivity index is 1.90. The summed E-state index contributed by atoms with van der Waals surface area (Å²) >= 11 is 4.43. The fourth-order valence-electron chi connectivity index (χ4n) is 0.974. The third kappa shape index (κ3) is 2.87. The zero-order chi connectivity index (χ0) is 11.4. The number of ketones is 1. The minimum Gasteiger partial charge on any atom is -0.461 e. The molecule has 0 aliphatic carbocycles. The molecular formula is C9H8N2O2S3. The smallest absolute Gasteiger partial charge is 0.208 e. The number of rotatable bonds is 5. The fourth-order valence-corrected chi connectivity index (χ4v) is 3.28. The van der Waals surface area contributed by atoms with Crippen molar-refractivity contribution >= 4 is 40.6 Å². The van der Waals surface area contributed by atoms with Gasteiger partial charge in [-0.15, -0.1) is 10.2 Å². The van der Waals surface area contributed by atoms with E-state index in [2.05, 4.69) is 10.2 Å². The minimum atomic E-state index is -0.0316. The summed E-state index contributed by atoms with van der Waals surface area (Å²) in [6.07, 6.45) is 3.44. The van der Waals surface area contributed by atoms with E-state index in [0.717, 1.165) is 8.68 Å². The number of carbonyl (C=O) groups is 1. The maximum atomic E-state index is 11.6. The molecule has 0 unspecified atom stereocenters. The molecule has 0 amide bonds. The number of furan rings is 1. The van der Waals surface area contributed by atoms with E-state index in [1.807, 2.05) is 6.26 Å². The highest BCUT2D eigenvalue weighted by Crippen LogP contribution is 2.27. The van der Waals surface area contributed by atoms with Gasteiger partial charge in [-0.3, -0.25) is 4.79 Å². The Hall–Kier alpha value is -0.790. The molecule has 7 heteroatoms. The molecule has 16 heavy (non-hydrogen) atoms. The van der Waals surface area contributed by atoms with Crippen LogP contribution in [0.2, 0.25) is 0 Å². The second kappa shape index (κ2) is 5.51. The van der Waals surface area contributed by atoms with Crippen molar-refractivity contribution in [2.75, 3.05) is 12.0 Å². The highest BCUT2D eigenvalue weighted by Gasteiger charge is 2.11. The summed E-state index contributed by atoms with van der Waals surface area (Å²) in [6.45, 7) is 0. The van der Waals surface area contributed by atoms with E-state index in [4.69, 9.17) is 4.42 Å². The normalized spacial score (nSPS) is 10.6. The van der Waals surface area contributed by atoms with Crippen LogP contribution in [0.15, 0.2) is 31.5 Å². The second-order valence-electron chi connectivity index (χ2n) is 2.73. The average molecular weight is 272 g/mol. The molecular weight excluding hydrogens is 264 g/mol. The molecule has 0 fully saturated rings. The lowest BCUT2D eigenvalue weighted by atomic mass is 10.3. The highest BCUT2D eigenvalue weighted by atomic mass is 32.2. The molecule has 0 saturated heterocycles. The van der Waals surface area contributed by atoms with Gasteiger partial charge in [0.15, 0.2) is 14.4 Å². The van der Waals surface area contributed by atoms with Crippen LogP contribution < -0.4 is 0 Å².